The summed E-state index contributed by atoms with van der Waals surface area (Å²) in [6.45, 7) is 7.41. The van der Waals surface area contributed by atoms with Crippen LogP contribution < -0.4 is 5.32 Å². The second kappa shape index (κ2) is 6.91. The molecule has 0 spiro atoms. The Labute approximate surface area is 121 Å². The summed E-state index contributed by atoms with van der Waals surface area (Å²) < 4.78 is 0. The Morgan fingerprint density at radius 3 is 2.95 bits per heavy atom. The molecule has 1 amide bonds. The molecule has 2 rings (SSSR count). The van der Waals surface area contributed by atoms with Crippen LogP contribution in [0, 0.1) is 23.7 Å². The molecule has 0 aromatic carbocycles. The number of hydrogen-bond acceptors (Lipinski definition) is 2. The highest BCUT2D eigenvalue weighted by Crippen LogP contribution is 2.37. The summed E-state index contributed by atoms with van der Waals surface area (Å²) >= 11 is 0. The van der Waals surface area contributed by atoms with E-state index < -0.39 is 0 Å². The van der Waals surface area contributed by atoms with E-state index in [2.05, 4.69) is 36.1 Å². The van der Waals surface area contributed by atoms with E-state index >= 15 is 0 Å². The molecule has 20 heavy (non-hydrogen) atoms. The summed E-state index contributed by atoms with van der Waals surface area (Å²) in [6.07, 6.45) is 7.82. The quantitative estimate of drug-likeness (QED) is 0.869. The first-order valence-corrected chi connectivity index (χ1v) is 7.84. The van der Waals surface area contributed by atoms with Crippen LogP contribution in [0.3, 0.4) is 0 Å². The SMILES string of the molecule is CC(C)[C@@H]1CC[C@@H](C)C[C@H]1C(=O)NCCc1ncc[nH]1. The highest BCUT2D eigenvalue weighted by Gasteiger charge is 2.35. The van der Waals surface area contributed by atoms with Gasteiger partial charge in [-0.3, -0.25) is 4.79 Å². The minimum Gasteiger partial charge on any atom is -0.355 e. The number of aromatic nitrogens is 2. The van der Waals surface area contributed by atoms with Crippen LogP contribution in [0.4, 0.5) is 0 Å². The Morgan fingerprint density at radius 1 is 1.50 bits per heavy atom. The lowest BCUT2D eigenvalue weighted by Crippen LogP contribution is -2.40. The predicted molar refractivity (Wildman–Crippen MR) is 80.1 cm³/mol. The number of aromatic amines is 1. The molecule has 3 atom stereocenters. The van der Waals surface area contributed by atoms with Crippen LogP contribution in [-0.2, 0) is 11.2 Å². The van der Waals surface area contributed by atoms with Crippen molar-refractivity contribution >= 4 is 5.91 Å². The molecular formula is C16H27N3O. The fourth-order valence-corrected chi connectivity index (χ4v) is 3.37. The molecule has 112 valence electrons. The minimum absolute atomic E-state index is 0.190. The van der Waals surface area contributed by atoms with E-state index in [0.29, 0.717) is 24.3 Å². The molecule has 0 radical (unpaired) electrons. The molecule has 1 fully saturated rings. The summed E-state index contributed by atoms with van der Waals surface area (Å²) in [7, 11) is 0. The summed E-state index contributed by atoms with van der Waals surface area (Å²) in [5, 5.41) is 3.10. The maximum absolute atomic E-state index is 12.4. The van der Waals surface area contributed by atoms with Crippen LogP contribution in [0.5, 0.6) is 0 Å². The highest BCUT2D eigenvalue weighted by atomic mass is 16.1. The number of hydrogen-bond donors (Lipinski definition) is 2. The summed E-state index contributed by atoms with van der Waals surface area (Å²) in [6, 6.07) is 0. The highest BCUT2D eigenvalue weighted by molar-refractivity contribution is 5.79. The van der Waals surface area contributed by atoms with Crippen LogP contribution in [0.25, 0.3) is 0 Å². The molecule has 0 saturated heterocycles. The van der Waals surface area contributed by atoms with Gasteiger partial charge in [-0.1, -0.05) is 27.2 Å². The molecule has 4 nitrogen and oxygen atoms in total. The van der Waals surface area contributed by atoms with Gasteiger partial charge < -0.3 is 10.3 Å². The van der Waals surface area contributed by atoms with Crippen LogP contribution in [0.2, 0.25) is 0 Å². The maximum Gasteiger partial charge on any atom is 0.223 e. The molecule has 1 aromatic heterocycles. The first-order valence-electron chi connectivity index (χ1n) is 7.84. The van der Waals surface area contributed by atoms with Gasteiger partial charge in [0.15, 0.2) is 0 Å². The molecule has 4 heteroatoms. The van der Waals surface area contributed by atoms with E-state index in [1.54, 1.807) is 6.20 Å². The van der Waals surface area contributed by atoms with Gasteiger partial charge in [-0.15, -0.1) is 0 Å². The summed E-state index contributed by atoms with van der Waals surface area (Å²) in [4.78, 5) is 19.7. The molecule has 1 aromatic rings. The van der Waals surface area contributed by atoms with Crippen molar-refractivity contribution in [1.82, 2.24) is 15.3 Å². The van der Waals surface area contributed by atoms with Crippen molar-refractivity contribution in [2.24, 2.45) is 23.7 Å². The number of carbonyl (C=O) groups is 1. The van der Waals surface area contributed by atoms with Crippen LogP contribution >= 0.6 is 0 Å². The Kier molecular flexibility index (Phi) is 5.21. The topological polar surface area (TPSA) is 57.8 Å². The first-order chi connectivity index (χ1) is 9.58. The molecule has 0 unspecified atom stereocenters. The third-order valence-electron chi connectivity index (χ3n) is 4.57. The lowest BCUT2D eigenvalue weighted by atomic mass is 9.70. The Hall–Kier alpha value is -1.32. The lowest BCUT2D eigenvalue weighted by molar-refractivity contribution is -0.129. The van der Waals surface area contributed by atoms with Gasteiger partial charge in [0.05, 0.1) is 0 Å². The summed E-state index contributed by atoms with van der Waals surface area (Å²) in [5.41, 5.74) is 0. The van der Waals surface area contributed by atoms with E-state index in [1.165, 1.54) is 12.8 Å². The maximum atomic E-state index is 12.4. The van der Waals surface area contributed by atoms with Crippen molar-refractivity contribution in [2.45, 2.75) is 46.5 Å². The second-order valence-corrected chi connectivity index (χ2v) is 6.51. The zero-order valence-electron chi connectivity index (χ0n) is 12.9. The van der Waals surface area contributed by atoms with Crippen molar-refractivity contribution in [3.05, 3.63) is 18.2 Å². The van der Waals surface area contributed by atoms with E-state index in [4.69, 9.17) is 0 Å². The van der Waals surface area contributed by atoms with Gasteiger partial charge >= 0.3 is 0 Å². The minimum atomic E-state index is 0.190. The van der Waals surface area contributed by atoms with Crippen LogP contribution in [0.15, 0.2) is 12.4 Å². The largest absolute Gasteiger partial charge is 0.355 e. The van der Waals surface area contributed by atoms with Crippen molar-refractivity contribution in [3.8, 4) is 0 Å². The van der Waals surface area contributed by atoms with Crippen molar-refractivity contribution in [2.75, 3.05) is 6.54 Å². The van der Waals surface area contributed by atoms with E-state index in [-0.39, 0.29) is 11.8 Å². The predicted octanol–water partition coefficient (Wildman–Crippen LogP) is 2.78. The molecule has 0 bridgehead atoms. The monoisotopic (exact) mass is 277 g/mol. The number of nitrogens with zero attached hydrogens (tertiary/aromatic N) is 1. The van der Waals surface area contributed by atoms with Crippen LogP contribution in [-0.4, -0.2) is 22.4 Å². The number of amides is 1. The fourth-order valence-electron chi connectivity index (χ4n) is 3.37. The van der Waals surface area contributed by atoms with Gasteiger partial charge in [0.1, 0.15) is 5.82 Å². The molecule has 1 heterocycles. The molecule has 2 N–H and O–H groups in total. The number of H-pyrrole nitrogens is 1. The molecule has 1 aliphatic carbocycles. The lowest BCUT2D eigenvalue weighted by Gasteiger charge is -2.36. The number of nitrogens with one attached hydrogen (secondary N) is 2. The average Bonchev–Trinajstić information content (AvgIpc) is 2.91. The Balaban J connectivity index is 1.85. The van der Waals surface area contributed by atoms with Gasteiger partial charge in [-0.05, 0) is 30.6 Å². The van der Waals surface area contributed by atoms with Gasteiger partial charge in [-0.2, -0.15) is 0 Å². The van der Waals surface area contributed by atoms with E-state index in [9.17, 15) is 4.79 Å². The summed E-state index contributed by atoms with van der Waals surface area (Å²) in [5.74, 6) is 3.16. The smallest absolute Gasteiger partial charge is 0.223 e. The average molecular weight is 277 g/mol. The third kappa shape index (κ3) is 3.84. The molecular weight excluding hydrogens is 250 g/mol. The molecule has 0 aliphatic heterocycles. The third-order valence-corrected chi connectivity index (χ3v) is 4.57. The number of imidazole rings is 1. The number of rotatable bonds is 5. The zero-order valence-corrected chi connectivity index (χ0v) is 12.9. The van der Waals surface area contributed by atoms with Gasteiger partial charge in [-0.25, -0.2) is 4.98 Å². The molecule has 1 saturated carbocycles. The normalized spacial score (nSPS) is 26.7. The standard InChI is InChI=1S/C16H27N3O/c1-11(2)13-5-4-12(3)10-14(13)16(20)19-7-6-15-17-8-9-18-15/h8-9,11-14H,4-7,10H2,1-3H3,(H,17,18)(H,19,20)/t12-,13+,14-/m1/s1. The van der Waals surface area contributed by atoms with Crippen molar-refractivity contribution < 1.29 is 4.79 Å². The zero-order chi connectivity index (χ0) is 14.5. The van der Waals surface area contributed by atoms with Gasteiger partial charge in [0.25, 0.3) is 0 Å². The van der Waals surface area contributed by atoms with Gasteiger partial charge in [0.2, 0.25) is 5.91 Å². The number of carbonyl (C=O) groups excluding carboxylic acids is 1. The van der Waals surface area contributed by atoms with E-state index in [1.807, 2.05) is 6.20 Å². The Bertz CT molecular complexity index is 413. The Morgan fingerprint density at radius 2 is 2.30 bits per heavy atom. The van der Waals surface area contributed by atoms with Crippen LogP contribution in [0.1, 0.15) is 45.9 Å². The van der Waals surface area contributed by atoms with E-state index in [0.717, 1.165) is 18.7 Å². The van der Waals surface area contributed by atoms with Crippen molar-refractivity contribution in [1.29, 1.82) is 0 Å². The second-order valence-electron chi connectivity index (χ2n) is 6.51. The first kappa shape index (κ1) is 15.1. The fraction of sp³-hybridized carbons (Fsp3) is 0.750. The molecule has 1 aliphatic rings. The van der Waals surface area contributed by atoms with Crippen molar-refractivity contribution in [3.63, 3.8) is 0 Å². The van der Waals surface area contributed by atoms with Gasteiger partial charge in [0, 0.05) is 31.3 Å².